The van der Waals surface area contributed by atoms with Crippen molar-refractivity contribution in [2.24, 2.45) is 16.7 Å². The van der Waals surface area contributed by atoms with E-state index in [0.717, 1.165) is 82.1 Å². The standard InChI is InChI=1S/C36H41N9O2.CH4O/c1-24(47)42-10-8-32-30(18-42)34(44-9-2-3-27-11-25(16-37)4-6-31(27)44)40-45(32)29-14-36(15-29)20-41(21-36)17-26-12-35(13-26)22-43(23-35)33-7-5-28(19-46)38-39-33;1-2/h4-7,11,19,26,29H,2-3,8-10,12-15,17-18,20-23H2,1H3;2H,1H3. The van der Waals surface area contributed by atoms with Gasteiger partial charge in [-0.15, -0.1) is 10.2 Å². The summed E-state index contributed by atoms with van der Waals surface area (Å²) in [5.74, 6) is 2.79. The van der Waals surface area contributed by atoms with Crippen molar-refractivity contribution in [2.75, 3.05) is 62.7 Å². The van der Waals surface area contributed by atoms with Crippen molar-refractivity contribution in [3.63, 3.8) is 0 Å². The summed E-state index contributed by atoms with van der Waals surface area (Å²) in [6, 6.07) is 12.4. The highest BCUT2D eigenvalue weighted by Gasteiger charge is 2.57. The summed E-state index contributed by atoms with van der Waals surface area (Å²) >= 11 is 0. The molecule has 256 valence electrons. The van der Waals surface area contributed by atoms with Crippen molar-refractivity contribution >= 4 is 29.5 Å². The van der Waals surface area contributed by atoms with Gasteiger partial charge in [-0.1, -0.05) is 0 Å². The summed E-state index contributed by atoms with van der Waals surface area (Å²) in [5.41, 5.74) is 6.84. The molecule has 2 aliphatic carbocycles. The van der Waals surface area contributed by atoms with Crippen LogP contribution in [0.25, 0.3) is 0 Å². The SMILES string of the molecule is CC(=O)N1CCc2c(c(N3CCCc4cc(C#N)ccc43)nn2C2CC3(C2)CN(CC2CC4(C2)CN(c2ccc(C=O)nn2)C4)C3)C1.CO. The molecular formula is C37H45N9O3. The smallest absolute Gasteiger partial charge is 0.219 e. The highest BCUT2D eigenvalue weighted by atomic mass is 16.2. The molecule has 4 fully saturated rings. The van der Waals surface area contributed by atoms with E-state index in [1.165, 1.54) is 62.1 Å². The van der Waals surface area contributed by atoms with Crippen LogP contribution in [0.15, 0.2) is 30.3 Å². The molecule has 6 heterocycles. The van der Waals surface area contributed by atoms with Crippen molar-refractivity contribution < 1.29 is 14.7 Å². The molecule has 2 spiro atoms. The van der Waals surface area contributed by atoms with Crippen LogP contribution < -0.4 is 9.80 Å². The number of rotatable bonds is 6. The number of carbonyl (C=O) groups excluding carboxylic acids is 2. The maximum absolute atomic E-state index is 12.4. The zero-order valence-corrected chi connectivity index (χ0v) is 28.5. The number of fused-ring (bicyclic) bond motifs is 2. The number of aryl methyl sites for hydroxylation is 1. The van der Waals surface area contributed by atoms with Crippen LogP contribution in [0.2, 0.25) is 0 Å². The molecule has 6 aliphatic rings. The van der Waals surface area contributed by atoms with Crippen LogP contribution >= 0.6 is 0 Å². The minimum absolute atomic E-state index is 0.121. The Bertz CT molecular complexity index is 1790. The topological polar surface area (TPSA) is 135 Å². The maximum Gasteiger partial charge on any atom is 0.219 e. The van der Waals surface area contributed by atoms with Gasteiger partial charge in [-0.25, -0.2) is 0 Å². The second-order valence-corrected chi connectivity index (χ2v) is 15.4. The number of nitrogens with zero attached hydrogens (tertiary/aromatic N) is 9. The molecule has 1 amide bonds. The molecule has 2 aromatic heterocycles. The lowest BCUT2D eigenvalue weighted by Crippen LogP contribution is -2.67. The molecule has 1 aromatic carbocycles. The van der Waals surface area contributed by atoms with Gasteiger partial charge in [0.1, 0.15) is 5.69 Å². The predicted molar refractivity (Wildman–Crippen MR) is 184 cm³/mol. The average Bonchev–Trinajstić information content (AvgIpc) is 3.43. The quantitative estimate of drug-likeness (QED) is 0.391. The van der Waals surface area contributed by atoms with E-state index in [4.69, 9.17) is 10.2 Å². The zero-order chi connectivity index (χ0) is 33.9. The average molecular weight is 664 g/mol. The highest BCUT2D eigenvalue weighted by molar-refractivity contribution is 5.75. The molecule has 0 atom stereocenters. The Morgan fingerprint density at radius 1 is 1.02 bits per heavy atom. The van der Waals surface area contributed by atoms with E-state index in [0.29, 0.717) is 34.7 Å². The van der Waals surface area contributed by atoms with Crippen molar-refractivity contribution in [3.8, 4) is 6.07 Å². The molecule has 1 N–H and O–H groups in total. The Kier molecular flexibility index (Phi) is 7.95. The number of hydrogen-bond acceptors (Lipinski definition) is 10. The van der Waals surface area contributed by atoms with E-state index in [-0.39, 0.29) is 5.91 Å². The van der Waals surface area contributed by atoms with Crippen LogP contribution in [-0.2, 0) is 24.2 Å². The third kappa shape index (κ3) is 5.47. The number of anilines is 3. The fraction of sp³-hybridized carbons (Fsp3) is 0.568. The highest BCUT2D eigenvalue weighted by Crippen LogP contribution is 2.57. The number of nitriles is 1. The Balaban J connectivity index is 0.00000171. The van der Waals surface area contributed by atoms with Crippen LogP contribution in [0.4, 0.5) is 17.3 Å². The molecule has 9 rings (SSSR count). The van der Waals surface area contributed by atoms with E-state index in [2.05, 4.69) is 41.7 Å². The summed E-state index contributed by atoms with van der Waals surface area (Å²) in [6.07, 6.45) is 8.54. The third-order valence-corrected chi connectivity index (χ3v) is 12.0. The molecule has 4 aliphatic heterocycles. The Morgan fingerprint density at radius 3 is 2.49 bits per heavy atom. The molecule has 49 heavy (non-hydrogen) atoms. The van der Waals surface area contributed by atoms with Crippen LogP contribution in [0, 0.1) is 28.1 Å². The predicted octanol–water partition coefficient (Wildman–Crippen LogP) is 3.51. The van der Waals surface area contributed by atoms with Gasteiger partial charge in [0.05, 0.1) is 24.2 Å². The molecule has 2 saturated carbocycles. The number of hydrogen-bond donors (Lipinski definition) is 1. The Morgan fingerprint density at radius 2 is 1.80 bits per heavy atom. The molecule has 12 nitrogen and oxygen atoms in total. The first-order valence-corrected chi connectivity index (χ1v) is 17.7. The van der Waals surface area contributed by atoms with Crippen LogP contribution in [0.3, 0.4) is 0 Å². The number of aldehydes is 1. The number of likely N-dealkylation sites (tertiary alicyclic amines) is 1. The van der Waals surface area contributed by atoms with Crippen molar-refractivity contribution in [2.45, 2.75) is 64.5 Å². The van der Waals surface area contributed by atoms with E-state index in [1.54, 1.807) is 13.0 Å². The third-order valence-electron chi connectivity index (χ3n) is 12.0. The van der Waals surface area contributed by atoms with Crippen molar-refractivity contribution in [1.82, 2.24) is 29.8 Å². The molecule has 2 saturated heterocycles. The molecule has 12 heteroatoms. The second kappa shape index (κ2) is 12.2. The van der Waals surface area contributed by atoms with Gasteiger partial charge in [0, 0.05) is 88.6 Å². The van der Waals surface area contributed by atoms with Gasteiger partial charge in [0.25, 0.3) is 0 Å². The fourth-order valence-electron chi connectivity index (χ4n) is 9.92. The van der Waals surface area contributed by atoms with Gasteiger partial charge in [0.15, 0.2) is 17.9 Å². The largest absolute Gasteiger partial charge is 0.400 e. The number of aliphatic hydroxyl groups is 1. The lowest BCUT2D eigenvalue weighted by Gasteiger charge is -2.63. The monoisotopic (exact) mass is 663 g/mol. The van der Waals surface area contributed by atoms with Crippen LogP contribution in [0.5, 0.6) is 0 Å². The molecule has 0 unspecified atom stereocenters. The second-order valence-electron chi connectivity index (χ2n) is 15.4. The number of carbonyl (C=O) groups is 2. The summed E-state index contributed by atoms with van der Waals surface area (Å²) in [7, 11) is 1.00. The first-order valence-electron chi connectivity index (χ1n) is 17.7. The molecular weight excluding hydrogens is 618 g/mol. The fourth-order valence-corrected chi connectivity index (χ4v) is 9.92. The van der Waals surface area contributed by atoms with E-state index < -0.39 is 0 Å². The maximum atomic E-state index is 12.4. The van der Waals surface area contributed by atoms with Crippen LogP contribution in [-0.4, -0.2) is 100 Å². The van der Waals surface area contributed by atoms with Gasteiger partial charge >= 0.3 is 0 Å². The van der Waals surface area contributed by atoms with E-state index in [1.807, 2.05) is 23.1 Å². The van der Waals surface area contributed by atoms with Gasteiger partial charge in [-0.3, -0.25) is 14.3 Å². The number of benzene rings is 1. The summed E-state index contributed by atoms with van der Waals surface area (Å²) in [4.78, 5) is 32.6. The summed E-state index contributed by atoms with van der Waals surface area (Å²) < 4.78 is 2.35. The lowest BCUT2D eigenvalue weighted by molar-refractivity contribution is -0.129. The minimum atomic E-state index is 0.121. The molecule has 3 aromatic rings. The molecule has 0 radical (unpaired) electrons. The lowest BCUT2D eigenvalue weighted by atomic mass is 9.56. The number of amides is 1. The minimum Gasteiger partial charge on any atom is -0.400 e. The van der Waals surface area contributed by atoms with Crippen LogP contribution in [0.1, 0.15) is 77.9 Å². The number of aliphatic hydroxyl groups excluding tert-OH is 1. The van der Waals surface area contributed by atoms with Crippen molar-refractivity contribution in [3.05, 3.63) is 58.4 Å². The van der Waals surface area contributed by atoms with Gasteiger partial charge < -0.3 is 24.7 Å². The summed E-state index contributed by atoms with van der Waals surface area (Å²) in [6.45, 7) is 9.66. The van der Waals surface area contributed by atoms with Gasteiger partial charge in [0.2, 0.25) is 5.91 Å². The van der Waals surface area contributed by atoms with E-state index in [9.17, 15) is 14.9 Å². The van der Waals surface area contributed by atoms with Crippen molar-refractivity contribution in [1.29, 1.82) is 5.26 Å². The normalized spacial score (nSPS) is 23.1. The first kappa shape index (κ1) is 31.9. The number of aromatic nitrogens is 4. The Labute approximate surface area is 287 Å². The molecule has 0 bridgehead atoms. The van der Waals surface area contributed by atoms with E-state index >= 15 is 0 Å². The zero-order valence-electron chi connectivity index (χ0n) is 28.5. The van der Waals surface area contributed by atoms with Gasteiger partial charge in [-0.2, -0.15) is 10.4 Å². The van der Waals surface area contributed by atoms with Gasteiger partial charge in [-0.05, 0) is 85.8 Å². The first-order chi connectivity index (χ1) is 23.8. The Hall–Kier alpha value is -4.34. The summed E-state index contributed by atoms with van der Waals surface area (Å²) in [5, 5.41) is 30.0.